The third kappa shape index (κ3) is 2.49. The van der Waals surface area contributed by atoms with Gasteiger partial charge in [0, 0.05) is 22.6 Å². The first kappa shape index (κ1) is 13.7. The van der Waals surface area contributed by atoms with Gasteiger partial charge in [-0.1, -0.05) is 45.9 Å². The second-order valence-electron chi connectivity index (χ2n) is 6.94. The van der Waals surface area contributed by atoms with Crippen LogP contribution in [0, 0.1) is 0 Å². The summed E-state index contributed by atoms with van der Waals surface area (Å²) < 4.78 is 6.26. The first-order chi connectivity index (χ1) is 9.50. The molecular weight excluding hydrogens is 246 g/mol. The van der Waals surface area contributed by atoms with Crippen molar-refractivity contribution in [1.29, 1.82) is 0 Å². The van der Waals surface area contributed by atoms with Crippen LogP contribution in [0.25, 0.3) is 11.0 Å². The highest BCUT2D eigenvalue weighted by Crippen LogP contribution is 2.35. The van der Waals surface area contributed by atoms with Crippen molar-refractivity contribution in [1.82, 2.24) is 5.32 Å². The van der Waals surface area contributed by atoms with Crippen molar-refractivity contribution in [2.24, 2.45) is 0 Å². The van der Waals surface area contributed by atoms with E-state index in [0.717, 1.165) is 30.4 Å². The monoisotopic (exact) mass is 271 g/mol. The number of hydrogen-bond acceptors (Lipinski definition) is 2. The number of benzene rings is 1. The van der Waals surface area contributed by atoms with E-state index in [4.69, 9.17) is 4.42 Å². The zero-order valence-corrected chi connectivity index (χ0v) is 13.0. The maximum absolute atomic E-state index is 6.26. The van der Waals surface area contributed by atoms with E-state index < -0.39 is 0 Å². The molecule has 1 aromatic heterocycles. The molecule has 2 nitrogen and oxygen atoms in total. The van der Waals surface area contributed by atoms with Crippen molar-refractivity contribution in [2.45, 2.75) is 65.0 Å². The predicted octanol–water partition coefficient (Wildman–Crippen LogP) is 4.54. The number of rotatable bonds is 4. The van der Waals surface area contributed by atoms with Crippen LogP contribution >= 0.6 is 0 Å². The lowest BCUT2D eigenvalue weighted by molar-refractivity contribution is 0.495. The third-order valence-electron chi connectivity index (χ3n) is 4.19. The Morgan fingerprint density at radius 1 is 1.25 bits per heavy atom. The van der Waals surface area contributed by atoms with E-state index >= 15 is 0 Å². The van der Waals surface area contributed by atoms with E-state index in [1.165, 1.54) is 29.4 Å². The summed E-state index contributed by atoms with van der Waals surface area (Å²) >= 11 is 0. The minimum atomic E-state index is 0.115. The summed E-state index contributed by atoms with van der Waals surface area (Å²) in [7, 11) is 0. The SMILES string of the molecule is CCc1c(CNC2CC2)oc2c(C(C)(C)C)cccc12. The van der Waals surface area contributed by atoms with Gasteiger partial charge in [0.15, 0.2) is 0 Å². The number of nitrogens with one attached hydrogen (secondary N) is 1. The van der Waals surface area contributed by atoms with Gasteiger partial charge in [-0.25, -0.2) is 0 Å². The van der Waals surface area contributed by atoms with E-state index in [2.05, 4.69) is 51.2 Å². The molecular formula is C18H25NO. The topological polar surface area (TPSA) is 25.2 Å². The first-order valence-electron chi connectivity index (χ1n) is 7.78. The largest absolute Gasteiger partial charge is 0.459 e. The molecule has 1 N–H and O–H groups in total. The zero-order valence-electron chi connectivity index (χ0n) is 13.0. The average molecular weight is 271 g/mol. The fourth-order valence-electron chi connectivity index (χ4n) is 2.87. The van der Waals surface area contributed by atoms with Crippen LogP contribution in [-0.4, -0.2) is 6.04 Å². The lowest BCUT2D eigenvalue weighted by atomic mass is 9.86. The summed E-state index contributed by atoms with van der Waals surface area (Å²) in [5.41, 5.74) is 3.88. The normalized spacial score (nSPS) is 16.0. The molecule has 1 aromatic carbocycles. The van der Waals surface area contributed by atoms with Crippen molar-refractivity contribution < 1.29 is 4.42 Å². The molecule has 1 heterocycles. The maximum atomic E-state index is 6.26. The minimum absolute atomic E-state index is 0.115. The van der Waals surface area contributed by atoms with Crippen LogP contribution in [0.3, 0.4) is 0 Å². The summed E-state index contributed by atoms with van der Waals surface area (Å²) in [4.78, 5) is 0. The van der Waals surface area contributed by atoms with Gasteiger partial charge in [-0.2, -0.15) is 0 Å². The molecule has 0 radical (unpaired) electrons. The lowest BCUT2D eigenvalue weighted by Crippen LogP contribution is -2.15. The Morgan fingerprint density at radius 2 is 2.00 bits per heavy atom. The van der Waals surface area contributed by atoms with Crippen molar-refractivity contribution in [3.8, 4) is 0 Å². The summed E-state index contributed by atoms with van der Waals surface area (Å²) in [5, 5.41) is 4.87. The average Bonchev–Trinajstić information content (AvgIpc) is 3.14. The highest BCUT2D eigenvalue weighted by molar-refractivity contribution is 5.85. The second kappa shape index (κ2) is 4.92. The fourth-order valence-corrected chi connectivity index (χ4v) is 2.87. The van der Waals surface area contributed by atoms with E-state index in [-0.39, 0.29) is 5.41 Å². The molecule has 2 heteroatoms. The van der Waals surface area contributed by atoms with Crippen LogP contribution in [0.4, 0.5) is 0 Å². The molecule has 1 aliphatic rings. The lowest BCUT2D eigenvalue weighted by Gasteiger charge is -2.18. The smallest absolute Gasteiger partial charge is 0.138 e. The minimum Gasteiger partial charge on any atom is -0.459 e. The van der Waals surface area contributed by atoms with E-state index in [0.29, 0.717) is 0 Å². The van der Waals surface area contributed by atoms with Gasteiger partial charge in [-0.3, -0.25) is 0 Å². The molecule has 0 spiro atoms. The van der Waals surface area contributed by atoms with Gasteiger partial charge in [0.05, 0.1) is 6.54 Å². The molecule has 0 bridgehead atoms. The summed E-state index contributed by atoms with van der Waals surface area (Å²) in [5.74, 6) is 1.13. The Balaban J connectivity index is 2.06. The molecule has 20 heavy (non-hydrogen) atoms. The summed E-state index contributed by atoms with van der Waals surface area (Å²) in [6.45, 7) is 9.83. The zero-order chi connectivity index (χ0) is 14.3. The van der Waals surface area contributed by atoms with Crippen LogP contribution in [0.15, 0.2) is 22.6 Å². The fraction of sp³-hybridized carbons (Fsp3) is 0.556. The van der Waals surface area contributed by atoms with Crippen LogP contribution < -0.4 is 5.32 Å². The molecule has 0 atom stereocenters. The summed E-state index contributed by atoms with van der Waals surface area (Å²) in [6.07, 6.45) is 3.66. The molecule has 2 aromatic rings. The Kier molecular flexibility index (Phi) is 3.37. The number of aryl methyl sites for hydroxylation is 1. The molecule has 0 aliphatic heterocycles. The predicted molar refractivity (Wildman–Crippen MR) is 84.2 cm³/mol. The molecule has 1 aliphatic carbocycles. The molecule has 1 saturated carbocycles. The van der Waals surface area contributed by atoms with Gasteiger partial charge < -0.3 is 9.73 Å². The van der Waals surface area contributed by atoms with Crippen molar-refractivity contribution in [2.75, 3.05) is 0 Å². The van der Waals surface area contributed by atoms with Gasteiger partial charge >= 0.3 is 0 Å². The van der Waals surface area contributed by atoms with Crippen molar-refractivity contribution in [3.63, 3.8) is 0 Å². The molecule has 1 fully saturated rings. The number of fused-ring (bicyclic) bond motifs is 1. The highest BCUT2D eigenvalue weighted by Gasteiger charge is 2.24. The number of hydrogen-bond donors (Lipinski definition) is 1. The highest BCUT2D eigenvalue weighted by atomic mass is 16.3. The third-order valence-corrected chi connectivity index (χ3v) is 4.19. The Bertz CT molecular complexity index is 614. The van der Waals surface area contributed by atoms with E-state index in [9.17, 15) is 0 Å². The van der Waals surface area contributed by atoms with Crippen LogP contribution in [0.1, 0.15) is 57.4 Å². The molecule has 0 unspecified atom stereocenters. The Hall–Kier alpha value is -1.28. The van der Waals surface area contributed by atoms with Gasteiger partial charge in [-0.05, 0) is 24.7 Å². The molecule has 0 amide bonds. The standard InChI is InChI=1S/C18H25NO/c1-5-13-14-7-6-8-15(18(2,3)4)17(14)20-16(13)11-19-12-9-10-12/h6-8,12,19H,5,9-11H2,1-4H3. The van der Waals surface area contributed by atoms with Crippen molar-refractivity contribution in [3.05, 3.63) is 35.1 Å². The number of furan rings is 1. The summed E-state index contributed by atoms with van der Waals surface area (Å²) in [6, 6.07) is 7.28. The molecule has 108 valence electrons. The Labute approximate surface area is 121 Å². The molecule has 0 saturated heterocycles. The quantitative estimate of drug-likeness (QED) is 0.883. The van der Waals surface area contributed by atoms with Gasteiger partial charge in [0.25, 0.3) is 0 Å². The van der Waals surface area contributed by atoms with Gasteiger partial charge in [0.2, 0.25) is 0 Å². The Morgan fingerprint density at radius 3 is 2.60 bits per heavy atom. The number of para-hydroxylation sites is 1. The van der Waals surface area contributed by atoms with Gasteiger partial charge in [-0.15, -0.1) is 0 Å². The first-order valence-corrected chi connectivity index (χ1v) is 7.78. The van der Waals surface area contributed by atoms with Crippen LogP contribution in [0.2, 0.25) is 0 Å². The second-order valence-corrected chi connectivity index (χ2v) is 6.94. The van der Waals surface area contributed by atoms with Crippen molar-refractivity contribution >= 4 is 11.0 Å². The maximum Gasteiger partial charge on any atom is 0.138 e. The van der Waals surface area contributed by atoms with Crippen LogP contribution in [0.5, 0.6) is 0 Å². The van der Waals surface area contributed by atoms with Gasteiger partial charge in [0.1, 0.15) is 11.3 Å². The molecule has 3 rings (SSSR count). The van der Waals surface area contributed by atoms with E-state index in [1.807, 2.05) is 0 Å². The van der Waals surface area contributed by atoms with Crippen LogP contribution in [-0.2, 0) is 18.4 Å². The van der Waals surface area contributed by atoms with E-state index in [1.54, 1.807) is 0 Å².